The second-order valence-electron chi connectivity index (χ2n) is 6.35. The zero-order valence-electron chi connectivity index (χ0n) is 11.8. The van der Waals surface area contributed by atoms with E-state index in [1.54, 1.807) is 0 Å². The predicted molar refractivity (Wildman–Crippen MR) is 77.9 cm³/mol. The van der Waals surface area contributed by atoms with Crippen LogP contribution in [0.3, 0.4) is 0 Å². The molecule has 1 atom stereocenters. The Kier molecular flexibility index (Phi) is 4.41. The van der Waals surface area contributed by atoms with E-state index < -0.39 is 0 Å². The molecule has 1 aromatic heterocycles. The first kappa shape index (κ1) is 14.0. The summed E-state index contributed by atoms with van der Waals surface area (Å²) in [6.07, 6.45) is 4.61. The first-order chi connectivity index (χ1) is 8.49. The van der Waals surface area contributed by atoms with Crippen molar-refractivity contribution in [2.75, 3.05) is 19.6 Å². The van der Waals surface area contributed by atoms with Gasteiger partial charge in [0.05, 0.1) is 6.54 Å². The quantitative estimate of drug-likeness (QED) is 0.915. The molecule has 4 heteroatoms. The minimum Gasteiger partial charge on any atom is -0.330 e. The third kappa shape index (κ3) is 3.53. The lowest BCUT2D eigenvalue weighted by atomic mass is 9.96. The van der Waals surface area contributed by atoms with Crippen LogP contribution in [0.25, 0.3) is 0 Å². The fourth-order valence-corrected chi connectivity index (χ4v) is 3.43. The molecule has 2 N–H and O–H groups in total. The first-order valence-corrected chi connectivity index (χ1v) is 7.68. The van der Waals surface area contributed by atoms with Crippen LogP contribution in [0.1, 0.15) is 43.5 Å². The van der Waals surface area contributed by atoms with Gasteiger partial charge in [0.25, 0.3) is 0 Å². The van der Waals surface area contributed by atoms with Crippen LogP contribution in [0.5, 0.6) is 0 Å². The topological polar surface area (TPSA) is 42.2 Å². The predicted octanol–water partition coefficient (Wildman–Crippen LogP) is 2.61. The summed E-state index contributed by atoms with van der Waals surface area (Å²) < 4.78 is 0. The molecule has 3 nitrogen and oxygen atoms in total. The van der Waals surface area contributed by atoms with Crippen LogP contribution in [-0.4, -0.2) is 29.5 Å². The molecule has 0 aromatic carbocycles. The fraction of sp³-hybridized carbons (Fsp3) is 0.786. The van der Waals surface area contributed by atoms with E-state index in [1.165, 1.54) is 29.3 Å². The van der Waals surface area contributed by atoms with Gasteiger partial charge in [0.1, 0.15) is 5.01 Å². The van der Waals surface area contributed by atoms with Crippen molar-refractivity contribution in [3.05, 3.63) is 16.1 Å². The Bertz CT molecular complexity index is 381. The van der Waals surface area contributed by atoms with Gasteiger partial charge in [0, 0.05) is 17.6 Å². The van der Waals surface area contributed by atoms with Crippen molar-refractivity contribution < 1.29 is 0 Å². The van der Waals surface area contributed by atoms with E-state index in [2.05, 4.69) is 30.7 Å². The Morgan fingerprint density at radius 2 is 2.28 bits per heavy atom. The van der Waals surface area contributed by atoms with Crippen molar-refractivity contribution in [2.45, 2.75) is 45.6 Å². The molecule has 0 aliphatic carbocycles. The maximum atomic E-state index is 5.78. The molecule has 0 bridgehead atoms. The zero-order chi connectivity index (χ0) is 13.2. The Morgan fingerprint density at radius 3 is 2.89 bits per heavy atom. The molecule has 0 spiro atoms. The van der Waals surface area contributed by atoms with E-state index in [0.717, 1.165) is 19.6 Å². The molecule has 1 aromatic rings. The van der Waals surface area contributed by atoms with Gasteiger partial charge in [-0.25, -0.2) is 4.98 Å². The van der Waals surface area contributed by atoms with E-state index in [-0.39, 0.29) is 5.41 Å². The Balaban J connectivity index is 1.95. The van der Waals surface area contributed by atoms with Crippen molar-refractivity contribution in [1.82, 2.24) is 9.88 Å². The molecule has 2 rings (SSSR count). The van der Waals surface area contributed by atoms with Crippen molar-refractivity contribution in [2.24, 2.45) is 11.7 Å². The largest absolute Gasteiger partial charge is 0.330 e. The summed E-state index contributed by atoms with van der Waals surface area (Å²) in [4.78, 5) is 8.46. The zero-order valence-corrected chi connectivity index (χ0v) is 12.6. The van der Waals surface area contributed by atoms with Crippen molar-refractivity contribution in [3.8, 4) is 0 Å². The highest BCUT2D eigenvalue weighted by Gasteiger charge is 2.21. The second-order valence-corrected chi connectivity index (χ2v) is 7.46. The average Bonchev–Trinajstić information content (AvgIpc) is 2.77. The van der Waals surface area contributed by atoms with E-state index >= 15 is 0 Å². The van der Waals surface area contributed by atoms with Gasteiger partial charge in [0.2, 0.25) is 0 Å². The number of nitrogens with zero attached hydrogens (tertiary/aromatic N) is 2. The van der Waals surface area contributed by atoms with Gasteiger partial charge in [-0.15, -0.1) is 11.3 Å². The van der Waals surface area contributed by atoms with Crippen LogP contribution >= 0.6 is 11.3 Å². The highest BCUT2D eigenvalue weighted by molar-refractivity contribution is 7.11. The van der Waals surface area contributed by atoms with Crippen LogP contribution in [0, 0.1) is 5.92 Å². The third-order valence-corrected chi connectivity index (χ3v) is 5.00. The average molecular weight is 267 g/mol. The van der Waals surface area contributed by atoms with Crippen LogP contribution in [-0.2, 0) is 12.0 Å². The molecule has 1 aliphatic rings. The van der Waals surface area contributed by atoms with Crippen LogP contribution in [0.2, 0.25) is 0 Å². The molecule has 1 aliphatic heterocycles. The van der Waals surface area contributed by atoms with Crippen molar-refractivity contribution in [1.29, 1.82) is 0 Å². The maximum absolute atomic E-state index is 5.78. The van der Waals surface area contributed by atoms with Crippen molar-refractivity contribution >= 4 is 11.3 Å². The Hall–Kier alpha value is -0.450. The molecular weight excluding hydrogens is 242 g/mol. The minimum absolute atomic E-state index is 0.220. The lowest BCUT2D eigenvalue weighted by molar-refractivity contribution is 0.171. The highest BCUT2D eigenvalue weighted by atomic mass is 32.1. The van der Waals surface area contributed by atoms with E-state index in [0.29, 0.717) is 5.92 Å². The van der Waals surface area contributed by atoms with E-state index in [9.17, 15) is 0 Å². The number of hydrogen-bond acceptors (Lipinski definition) is 4. The third-order valence-electron chi connectivity index (χ3n) is 3.59. The summed E-state index contributed by atoms with van der Waals surface area (Å²) in [6.45, 7) is 10.9. The Labute approximate surface area is 114 Å². The summed E-state index contributed by atoms with van der Waals surface area (Å²) >= 11 is 1.86. The van der Waals surface area contributed by atoms with Gasteiger partial charge < -0.3 is 5.73 Å². The number of piperidine rings is 1. The summed E-state index contributed by atoms with van der Waals surface area (Å²) in [5, 5.41) is 1.25. The summed E-state index contributed by atoms with van der Waals surface area (Å²) in [5.74, 6) is 0.681. The number of thiazole rings is 1. The van der Waals surface area contributed by atoms with Gasteiger partial charge in [-0.05, 0) is 37.3 Å². The smallest absolute Gasteiger partial charge is 0.107 e. The molecule has 0 saturated carbocycles. The molecule has 0 amide bonds. The van der Waals surface area contributed by atoms with E-state index in [4.69, 9.17) is 5.73 Å². The van der Waals surface area contributed by atoms with E-state index in [1.807, 2.05) is 17.5 Å². The summed E-state index contributed by atoms with van der Waals surface area (Å²) in [5.41, 5.74) is 6.00. The van der Waals surface area contributed by atoms with Crippen LogP contribution in [0.4, 0.5) is 0 Å². The molecule has 1 saturated heterocycles. The van der Waals surface area contributed by atoms with Gasteiger partial charge >= 0.3 is 0 Å². The number of aromatic nitrogens is 1. The number of nitrogens with two attached hydrogens (primary N) is 1. The van der Waals surface area contributed by atoms with Crippen LogP contribution in [0.15, 0.2) is 6.20 Å². The minimum atomic E-state index is 0.220. The number of likely N-dealkylation sites (tertiary alicyclic amines) is 1. The van der Waals surface area contributed by atoms with Crippen LogP contribution < -0.4 is 5.73 Å². The van der Waals surface area contributed by atoms with Gasteiger partial charge in [-0.3, -0.25) is 4.90 Å². The number of hydrogen-bond donors (Lipinski definition) is 1. The lowest BCUT2D eigenvalue weighted by Crippen LogP contribution is -2.37. The van der Waals surface area contributed by atoms with Gasteiger partial charge in [0.15, 0.2) is 0 Å². The highest BCUT2D eigenvalue weighted by Crippen LogP contribution is 2.28. The molecule has 18 heavy (non-hydrogen) atoms. The monoisotopic (exact) mass is 267 g/mol. The summed E-state index contributed by atoms with van der Waals surface area (Å²) in [6, 6.07) is 0. The lowest BCUT2D eigenvalue weighted by Gasteiger charge is -2.31. The molecule has 1 unspecified atom stereocenters. The molecule has 1 fully saturated rings. The second kappa shape index (κ2) is 5.68. The molecule has 2 heterocycles. The standard InChI is InChI=1S/C14H25N3S/c1-14(2,3)12-8-16-13(18-12)10-17-6-4-5-11(7-15)9-17/h8,11H,4-7,9-10,15H2,1-3H3. The fourth-order valence-electron chi connectivity index (χ4n) is 2.41. The maximum Gasteiger partial charge on any atom is 0.107 e. The molecule has 0 radical (unpaired) electrons. The SMILES string of the molecule is CC(C)(C)c1cnc(CN2CCCC(CN)C2)s1. The normalized spacial score (nSPS) is 22.3. The summed E-state index contributed by atoms with van der Waals surface area (Å²) in [7, 11) is 0. The Morgan fingerprint density at radius 1 is 1.50 bits per heavy atom. The van der Waals surface area contributed by atoms with Gasteiger partial charge in [-0.1, -0.05) is 20.8 Å². The van der Waals surface area contributed by atoms with Gasteiger partial charge in [-0.2, -0.15) is 0 Å². The molecular formula is C14H25N3S. The molecule has 102 valence electrons. The number of rotatable bonds is 3. The van der Waals surface area contributed by atoms with Crippen molar-refractivity contribution in [3.63, 3.8) is 0 Å². The first-order valence-electron chi connectivity index (χ1n) is 6.86.